The summed E-state index contributed by atoms with van der Waals surface area (Å²) in [5.41, 5.74) is 1.80. The van der Waals surface area contributed by atoms with Gasteiger partial charge in [0, 0.05) is 5.92 Å². The zero-order chi connectivity index (χ0) is 9.97. The minimum atomic E-state index is -0.828. The van der Waals surface area contributed by atoms with Crippen LogP contribution in [-0.2, 0) is 11.3 Å². The van der Waals surface area contributed by atoms with Crippen molar-refractivity contribution in [2.75, 3.05) is 6.61 Å². The minimum Gasteiger partial charge on any atom is -0.376 e. The molecule has 2 heteroatoms. The zero-order valence-corrected chi connectivity index (χ0v) is 7.95. The molecule has 0 aromatic heterocycles. The summed E-state index contributed by atoms with van der Waals surface area (Å²) >= 11 is 0. The first-order valence-corrected chi connectivity index (χ1v) is 4.73. The lowest BCUT2D eigenvalue weighted by atomic mass is 10.2. The molecule has 1 nitrogen and oxygen atoms in total. The van der Waals surface area contributed by atoms with Crippen molar-refractivity contribution in [1.82, 2.24) is 0 Å². The molecule has 1 fully saturated rings. The lowest BCUT2D eigenvalue weighted by molar-refractivity contribution is 0.107. The van der Waals surface area contributed by atoms with Crippen LogP contribution in [0.5, 0.6) is 0 Å². The molecule has 1 aliphatic rings. The van der Waals surface area contributed by atoms with Gasteiger partial charge in [0.05, 0.1) is 13.2 Å². The second-order valence-corrected chi connectivity index (χ2v) is 3.58. The molecule has 0 N–H and O–H groups in total. The lowest BCUT2D eigenvalue weighted by Gasteiger charge is -2.01. The normalized spacial score (nSPS) is 25.1. The van der Waals surface area contributed by atoms with Crippen LogP contribution >= 0.6 is 0 Å². The largest absolute Gasteiger partial charge is 0.376 e. The summed E-state index contributed by atoms with van der Waals surface area (Å²) in [6.07, 6.45) is -0.828. The van der Waals surface area contributed by atoms with Crippen LogP contribution in [0.1, 0.15) is 5.56 Å². The van der Waals surface area contributed by atoms with Gasteiger partial charge in [-0.25, -0.2) is 4.39 Å². The summed E-state index contributed by atoms with van der Waals surface area (Å²) in [5, 5.41) is 0. The van der Waals surface area contributed by atoms with E-state index < -0.39 is 6.17 Å². The maximum Gasteiger partial charge on any atom is 0.130 e. The van der Waals surface area contributed by atoms with E-state index in [1.54, 1.807) is 0 Å². The summed E-state index contributed by atoms with van der Waals surface area (Å²) < 4.78 is 18.1. The molecule has 2 atom stereocenters. The zero-order valence-electron chi connectivity index (χ0n) is 7.95. The van der Waals surface area contributed by atoms with Gasteiger partial charge in [-0.05, 0) is 11.1 Å². The number of alkyl halides is 1. The summed E-state index contributed by atoms with van der Waals surface area (Å²) in [7, 11) is 0. The summed E-state index contributed by atoms with van der Waals surface area (Å²) in [6.45, 7) is 4.61. The highest BCUT2D eigenvalue weighted by atomic mass is 19.1. The maximum absolute atomic E-state index is 12.7. The van der Waals surface area contributed by atoms with E-state index in [4.69, 9.17) is 4.74 Å². The predicted molar refractivity (Wildman–Crippen MR) is 53.6 cm³/mol. The highest BCUT2D eigenvalue weighted by Gasteiger charge is 2.42. The Morgan fingerprint density at radius 1 is 1.29 bits per heavy atom. The maximum atomic E-state index is 12.7. The minimum absolute atomic E-state index is 0.0567. The highest BCUT2D eigenvalue weighted by Crippen LogP contribution is 2.39. The predicted octanol–water partition coefficient (Wildman–Crippen LogP) is 2.73. The second kappa shape index (κ2) is 3.93. The number of ether oxygens (including phenoxy) is 1. The van der Waals surface area contributed by atoms with E-state index in [2.05, 4.69) is 6.58 Å². The average Bonchev–Trinajstić information content (AvgIpc) is 2.78. The van der Waals surface area contributed by atoms with E-state index in [1.165, 1.54) is 0 Å². The molecule has 1 aliphatic carbocycles. The Balaban J connectivity index is 1.72. The van der Waals surface area contributed by atoms with E-state index in [0.29, 0.717) is 18.8 Å². The van der Waals surface area contributed by atoms with E-state index in [-0.39, 0.29) is 5.92 Å². The fourth-order valence-electron chi connectivity index (χ4n) is 1.41. The summed E-state index contributed by atoms with van der Waals surface area (Å²) in [5.74, 6) is -0.0567. The highest BCUT2D eigenvalue weighted by molar-refractivity contribution is 5.28. The van der Waals surface area contributed by atoms with Gasteiger partial charge in [0.15, 0.2) is 0 Å². The van der Waals surface area contributed by atoms with Crippen LogP contribution < -0.4 is 0 Å². The van der Waals surface area contributed by atoms with Crippen LogP contribution in [0.15, 0.2) is 42.5 Å². The third-order valence-corrected chi connectivity index (χ3v) is 2.48. The topological polar surface area (TPSA) is 9.23 Å². The van der Waals surface area contributed by atoms with Crippen molar-refractivity contribution in [2.45, 2.75) is 12.8 Å². The van der Waals surface area contributed by atoms with Crippen LogP contribution in [-0.4, -0.2) is 12.8 Å². The Kier molecular flexibility index (Phi) is 2.64. The van der Waals surface area contributed by atoms with Crippen LogP contribution in [0.2, 0.25) is 0 Å². The Morgan fingerprint density at radius 2 is 1.93 bits per heavy atom. The SMILES string of the molecule is C=C1[C@@H](F)[C@@H]1COCc1ccccc1. The molecular weight excluding hydrogens is 179 g/mol. The van der Waals surface area contributed by atoms with Gasteiger partial charge in [-0.3, -0.25) is 0 Å². The number of benzene rings is 1. The van der Waals surface area contributed by atoms with Gasteiger partial charge >= 0.3 is 0 Å². The smallest absolute Gasteiger partial charge is 0.130 e. The molecule has 0 amide bonds. The van der Waals surface area contributed by atoms with Crippen molar-refractivity contribution >= 4 is 0 Å². The fourth-order valence-corrected chi connectivity index (χ4v) is 1.41. The molecule has 0 heterocycles. The molecule has 74 valence electrons. The molecule has 1 aromatic carbocycles. The van der Waals surface area contributed by atoms with Crippen molar-refractivity contribution in [3.05, 3.63) is 48.0 Å². The van der Waals surface area contributed by atoms with Gasteiger partial charge in [-0.2, -0.15) is 0 Å². The number of hydrogen-bond acceptors (Lipinski definition) is 1. The standard InChI is InChI=1S/C12H13FO/c1-9-11(12(9)13)8-14-7-10-5-3-2-4-6-10/h2-6,11-12H,1,7-8H2/t11-,12-/m1/s1. The molecule has 1 saturated carbocycles. The molecule has 0 saturated heterocycles. The number of halogens is 1. The van der Waals surface area contributed by atoms with Crippen molar-refractivity contribution < 1.29 is 9.13 Å². The van der Waals surface area contributed by atoms with Gasteiger partial charge in [0.25, 0.3) is 0 Å². The number of rotatable bonds is 4. The summed E-state index contributed by atoms with van der Waals surface area (Å²) in [6, 6.07) is 9.88. The van der Waals surface area contributed by atoms with Crippen LogP contribution in [0.25, 0.3) is 0 Å². The molecule has 0 radical (unpaired) electrons. The Bertz CT molecular complexity index is 320. The molecule has 0 bridgehead atoms. The van der Waals surface area contributed by atoms with Gasteiger partial charge in [0.2, 0.25) is 0 Å². The molecule has 0 spiro atoms. The molecule has 0 unspecified atom stereocenters. The van der Waals surface area contributed by atoms with Crippen LogP contribution in [0.4, 0.5) is 4.39 Å². The Hall–Kier alpha value is -1.15. The first-order valence-electron chi connectivity index (χ1n) is 4.73. The monoisotopic (exact) mass is 192 g/mol. The fraction of sp³-hybridized carbons (Fsp3) is 0.333. The quantitative estimate of drug-likeness (QED) is 0.666. The first kappa shape index (κ1) is 9.41. The average molecular weight is 192 g/mol. The van der Waals surface area contributed by atoms with Gasteiger partial charge in [0.1, 0.15) is 6.17 Å². The van der Waals surface area contributed by atoms with Crippen molar-refractivity contribution in [2.24, 2.45) is 5.92 Å². The molecule has 0 aliphatic heterocycles. The molecule has 1 aromatic rings. The van der Waals surface area contributed by atoms with E-state index >= 15 is 0 Å². The van der Waals surface area contributed by atoms with Crippen molar-refractivity contribution in [3.63, 3.8) is 0 Å². The number of hydrogen-bond donors (Lipinski definition) is 0. The van der Waals surface area contributed by atoms with Crippen molar-refractivity contribution in [1.29, 1.82) is 0 Å². The van der Waals surface area contributed by atoms with E-state index in [0.717, 1.165) is 5.56 Å². The van der Waals surface area contributed by atoms with Crippen LogP contribution in [0, 0.1) is 5.92 Å². The second-order valence-electron chi connectivity index (χ2n) is 3.58. The van der Waals surface area contributed by atoms with E-state index in [9.17, 15) is 4.39 Å². The lowest BCUT2D eigenvalue weighted by Crippen LogP contribution is -1.98. The molecular formula is C12H13FO. The molecule has 2 rings (SSSR count). The van der Waals surface area contributed by atoms with Crippen molar-refractivity contribution in [3.8, 4) is 0 Å². The Labute approximate surface area is 83.2 Å². The first-order chi connectivity index (χ1) is 6.79. The van der Waals surface area contributed by atoms with E-state index in [1.807, 2.05) is 30.3 Å². The van der Waals surface area contributed by atoms with Crippen LogP contribution in [0.3, 0.4) is 0 Å². The third-order valence-electron chi connectivity index (χ3n) is 2.48. The van der Waals surface area contributed by atoms with Gasteiger partial charge in [-0.1, -0.05) is 36.9 Å². The summed E-state index contributed by atoms with van der Waals surface area (Å²) in [4.78, 5) is 0. The van der Waals surface area contributed by atoms with Gasteiger partial charge < -0.3 is 4.74 Å². The van der Waals surface area contributed by atoms with Gasteiger partial charge in [-0.15, -0.1) is 0 Å². The third kappa shape index (κ3) is 2.02. The molecule has 14 heavy (non-hydrogen) atoms. The Morgan fingerprint density at radius 3 is 2.50 bits per heavy atom.